The van der Waals surface area contributed by atoms with Crippen LogP contribution in [0.3, 0.4) is 0 Å². The molecule has 0 saturated carbocycles. The second-order valence-corrected chi connectivity index (χ2v) is 5.83. The smallest absolute Gasteiger partial charge is 0.242 e. The Morgan fingerprint density at radius 3 is 2.79 bits per heavy atom. The normalized spacial score (nSPS) is 23.2. The molecular formula is C14H21N3O2. The van der Waals surface area contributed by atoms with Gasteiger partial charge in [0.15, 0.2) is 0 Å². The molecule has 5 nitrogen and oxygen atoms in total. The zero-order valence-electron chi connectivity index (χ0n) is 11.5. The maximum Gasteiger partial charge on any atom is 0.242 e. The molecule has 1 aromatic rings. The monoisotopic (exact) mass is 263 g/mol. The van der Waals surface area contributed by atoms with Gasteiger partial charge in [-0.3, -0.25) is 9.78 Å². The van der Waals surface area contributed by atoms with Crippen LogP contribution in [0, 0.1) is 5.41 Å². The fraction of sp³-hybridized carbons (Fsp3) is 0.571. The molecule has 0 aromatic carbocycles. The first-order chi connectivity index (χ1) is 9.02. The minimum atomic E-state index is -0.497. The van der Waals surface area contributed by atoms with Gasteiger partial charge in [-0.1, -0.05) is 13.8 Å². The highest BCUT2D eigenvalue weighted by atomic mass is 16.3. The van der Waals surface area contributed by atoms with Gasteiger partial charge in [0.25, 0.3) is 0 Å². The molecule has 19 heavy (non-hydrogen) atoms. The van der Waals surface area contributed by atoms with E-state index in [1.54, 1.807) is 12.4 Å². The van der Waals surface area contributed by atoms with Gasteiger partial charge >= 0.3 is 0 Å². The summed E-state index contributed by atoms with van der Waals surface area (Å²) in [6.45, 7) is 6.03. The van der Waals surface area contributed by atoms with Gasteiger partial charge in [0.1, 0.15) is 6.04 Å². The Morgan fingerprint density at radius 1 is 1.47 bits per heavy atom. The van der Waals surface area contributed by atoms with Gasteiger partial charge in [-0.05, 0) is 23.1 Å². The average Bonchev–Trinajstić information content (AvgIpc) is 2.49. The van der Waals surface area contributed by atoms with Gasteiger partial charge in [-0.15, -0.1) is 0 Å². The van der Waals surface area contributed by atoms with Crippen molar-refractivity contribution in [2.24, 2.45) is 5.41 Å². The van der Waals surface area contributed by atoms with Crippen LogP contribution in [0.2, 0.25) is 0 Å². The number of carbonyl (C=O) groups excluding carboxylic acids is 1. The summed E-state index contributed by atoms with van der Waals surface area (Å²) in [5, 5.41) is 12.5. The van der Waals surface area contributed by atoms with Crippen molar-refractivity contribution in [2.45, 2.75) is 26.4 Å². The molecule has 1 aliphatic rings. The lowest BCUT2D eigenvalue weighted by Gasteiger charge is -2.29. The number of pyridine rings is 1. The number of rotatable bonds is 3. The van der Waals surface area contributed by atoms with E-state index in [0.29, 0.717) is 13.1 Å². The van der Waals surface area contributed by atoms with Crippen molar-refractivity contribution in [1.82, 2.24) is 15.2 Å². The summed E-state index contributed by atoms with van der Waals surface area (Å²) in [5.41, 5.74) is 1.05. The Balaban J connectivity index is 2.17. The van der Waals surface area contributed by atoms with Crippen LogP contribution in [0.5, 0.6) is 0 Å². The van der Waals surface area contributed by atoms with E-state index in [1.807, 2.05) is 17.0 Å². The molecule has 1 atom stereocenters. The second-order valence-electron chi connectivity index (χ2n) is 5.83. The number of hydrogen-bond acceptors (Lipinski definition) is 4. The van der Waals surface area contributed by atoms with Gasteiger partial charge in [0.05, 0.1) is 6.61 Å². The molecule has 0 spiro atoms. The van der Waals surface area contributed by atoms with Crippen LogP contribution in [0.25, 0.3) is 0 Å². The first-order valence-corrected chi connectivity index (χ1v) is 6.54. The highest BCUT2D eigenvalue weighted by Crippen LogP contribution is 2.21. The number of hydrogen-bond donors (Lipinski definition) is 2. The molecule has 1 aromatic heterocycles. The number of aliphatic hydroxyl groups excluding tert-OH is 1. The van der Waals surface area contributed by atoms with Gasteiger partial charge in [0, 0.05) is 32.0 Å². The summed E-state index contributed by atoms with van der Waals surface area (Å²) in [5.74, 6) is -0.0371. The lowest BCUT2D eigenvalue weighted by atomic mass is 9.93. The van der Waals surface area contributed by atoms with Gasteiger partial charge in [-0.2, -0.15) is 0 Å². The fourth-order valence-corrected chi connectivity index (χ4v) is 2.34. The summed E-state index contributed by atoms with van der Waals surface area (Å²) in [6.07, 6.45) is 3.45. The molecule has 1 saturated heterocycles. The van der Waals surface area contributed by atoms with Crippen molar-refractivity contribution < 1.29 is 9.90 Å². The minimum Gasteiger partial charge on any atom is -0.394 e. The zero-order chi connectivity index (χ0) is 13.9. The number of amides is 1. The third-order valence-corrected chi connectivity index (χ3v) is 3.36. The van der Waals surface area contributed by atoms with E-state index in [9.17, 15) is 9.90 Å². The standard InChI is InChI=1S/C14H21N3O2/c1-14(2)9-16-12(8-18)13(19)17(10-14)7-11-3-5-15-6-4-11/h3-6,12,16,18H,7-10H2,1-2H3. The molecule has 5 heteroatoms. The molecular weight excluding hydrogens is 242 g/mol. The van der Waals surface area contributed by atoms with E-state index in [1.165, 1.54) is 0 Å². The third-order valence-electron chi connectivity index (χ3n) is 3.36. The van der Waals surface area contributed by atoms with Crippen LogP contribution < -0.4 is 5.32 Å². The summed E-state index contributed by atoms with van der Waals surface area (Å²) >= 11 is 0. The van der Waals surface area contributed by atoms with E-state index in [2.05, 4.69) is 24.1 Å². The van der Waals surface area contributed by atoms with Crippen LogP contribution in [0.15, 0.2) is 24.5 Å². The van der Waals surface area contributed by atoms with E-state index in [0.717, 1.165) is 12.1 Å². The summed E-state index contributed by atoms with van der Waals surface area (Å²) in [7, 11) is 0. The maximum atomic E-state index is 12.4. The Morgan fingerprint density at radius 2 is 2.16 bits per heavy atom. The van der Waals surface area contributed by atoms with Crippen molar-refractivity contribution in [2.75, 3.05) is 19.7 Å². The third kappa shape index (κ3) is 3.52. The number of aliphatic hydroxyl groups is 1. The van der Waals surface area contributed by atoms with Crippen LogP contribution in [-0.4, -0.2) is 46.6 Å². The molecule has 0 aliphatic carbocycles. The number of nitrogens with zero attached hydrogens (tertiary/aromatic N) is 2. The summed E-state index contributed by atoms with van der Waals surface area (Å²) in [4.78, 5) is 18.2. The highest BCUT2D eigenvalue weighted by Gasteiger charge is 2.33. The van der Waals surface area contributed by atoms with Gasteiger partial charge in [0.2, 0.25) is 5.91 Å². The van der Waals surface area contributed by atoms with E-state index < -0.39 is 6.04 Å². The molecule has 1 amide bonds. The van der Waals surface area contributed by atoms with Gasteiger partial charge in [-0.25, -0.2) is 0 Å². The Bertz CT molecular complexity index is 434. The fourth-order valence-electron chi connectivity index (χ4n) is 2.34. The van der Waals surface area contributed by atoms with E-state index in [4.69, 9.17) is 0 Å². The van der Waals surface area contributed by atoms with Crippen LogP contribution >= 0.6 is 0 Å². The largest absolute Gasteiger partial charge is 0.394 e. The predicted molar refractivity (Wildman–Crippen MR) is 72.3 cm³/mol. The lowest BCUT2D eigenvalue weighted by molar-refractivity contribution is -0.134. The molecule has 1 unspecified atom stereocenters. The van der Waals surface area contributed by atoms with Crippen LogP contribution in [0.4, 0.5) is 0 Å². The summed E-state index contributed by atoms with van der Waals surface area (Å²) < 4.78 is 0. The molecule has 2 heterocycles. The van der Waals surface area contributed by atoms with Crippen molar-refractivity contribution in [3.8, 4) is 0 Å². The second kappa shape index (κ2) is 5.67. The van der Waals surface area contributed by atoms with Crippen molar-refractivity contribution in [3.05, 3.63) is 30.1 Å². The Hall–Kier alpha value is -1.46. The number of aromatic nitrogens is 1. The highest BCUT2D eigenvalue weighted by molar-refractivity contribution is 5.82. The predicted octanol–water partition coefficient (Wildman–Crippen LogP) is 0.400. The van der Waals surface area contributed by atoms with E-state index >= 15 is 0 Å². The Kier molecular flexibility index (Phi) is 4.17. The zero-order valence-corrected chi connectivity index (χ0v) is 11.5. The molecule has 1 aliphatic heterocycles. The quantitative estimate of drug-likeness (QED) is 0.828. The molecule has 2 rings (SSSR count). The SMILES string of the molecule is CC1(C)CNC(CO)C(=O)N(Cc2ccncc2)C1. The molecule has 0 radical (unpaired) electrons. The molecule has 2 N–H and O–H groups in total. The number of carbonyl (C=O) groups is 1. The lowest BCUT2D eigenvalue weighted by Crippen LogP contribution is -2.45. The molecule has 1 fully saturated rings. The van der Waals surface area contributed by atoms with Gasteiger partial charge < -0.3 is 15.3 Å². The van der Waals surface area contributed by atoms with E-state index in [-0.39, 0.29) is 17.9 Å². The maximum absolute atomic E-state index is 12.4. The Labute approximate surface area is 113 Å². The number of nitrogens with one attached hydrogen (secondary N) is 1. The van der Waals surface area contributed by atoms with Crippen molar-refractivity contribution in [3.63, 3.8) is 0 Å². The molecule has 0 bridgehead atoms. The summed E-state index contributed by atoms with van der Waals surface area (Å²) in [6, 6.07) is 3.32. The molecule has 104 valence electrons. The van der Waals surface area contributed by atoms with Crippen molar-refractivity contribution in [1.29, 1.82) is 0 Å². The minimum absolute atomic E-state index is 0.00733. The average molecular weight is 263 g/mol. The first kappa shape index (κ1) is 14.0. The van der Waals surface area contributed by atoms with Crippen LogP contribution in [-0.2, 0) is 11.3 Å². The van der Waals surface area contributed by atoms with Crippen LogP contribution in [0.1, 0.15) is 19.4 Å². The van der Waals surface area contributed by atoms with Crippen molar-refractivity contribution >= 4 is 5.91 Å². The topological polar surface area (TPSA) is 65.5 Å². The first-order valence-electron chi connectivity index (χ1n) is 6.54.